The molecule has 1 aliphatic heterocycles. The first-order valence-electron chi connectivity index (χ1n) is 9.86. The molecule has 1 N–H and O–H groups in total. The summed E-state index contributed by atoms with van der Waals surface area (Å²) in [6.45, 7) is 2.99. The molecule has 0 radical (unpaired) electrons. The normalized spacial score (nSPS) is 18.9. The van der Waals surface area contributed by atoms with Gasteiger partial charge in [-0.15, -0.1) is 10.2 Å². The molecule has 2 aliphatic rings. The van der Waals surface area contributed by atoms with Crippen molar-refractivity contribution in [1.82, 2.24) is 34.8 Å². The van der Waals surface area contributed by atoms with Crippen LogP contribution in [0.5, 0.6) is 0 Å². The van der Waals surface area contributed by atoms with E-state index in [1.165, 1.54) is 12.8 Å². The van der Waals surface area contributed by atoms with E-state index >= 15 is 0 Å². The highest BCUT2D eigenvalue weighted by atomic mass is 15.3. The van der Waals surface area contributed by atoms with Crippen molar-refractivity contribution >= 4 is 0 Å². The minimum absolute atomic E-state index is 0.452. The highest BCUT2D eigenvalue weighted by molar-refractivity contribution is 5.53. The molecule has 0 unspecified atom stereocenters. The summed E-state index contributed by atoms with van der Waals surface area (Å²) < 4.78 is 2.20. The summed E-state index contributed by atoms with van der Waals surface area (Å²) in [5.74, 6) is 5.15. The van der Waals surface area contributed by atoms with E-state index in [1.807, 2.05) is 30.3 Å². The van der Waals surface area contributed by atoms with Gasteiger partial charge >= 0.3 is 0 Å². The van der Waals surface area contributed by atoms with Gasteiger partial charge in [0.1, 0.15) is 17.5 Å². The maximum Gasteiger partial charge on any atom is 0.181 e. The van der Waals surface area contributed by atoms with Crippen molar-refractivity contribution in [2.24, 2.45) is 7.05 Å². The number of H-pyrrole nitrogens is 1. The molecule has 5 rings (SSSR count). The van der Waals surface area contributed by atoms with E-state index < -0.39 is 0 Å². The third-order valence-electron chi connectivity index (χ3n) is 5.82. The van der Waals surface area contributed by atoms with Crippen LogP contribution >= 0.6 is 0 Å². The SMILES string of the molecule is Cn1c(CN2CCC(c3nc(-c4ccccc4)n[nH]3)CC2)nnc1C1CC1. The topological polar surface area (TPSA) is 75.5 Å². The lowest BCUT2D eigenvalue weighted by Gasteiger charge is -2.30. The van der Waals surface area contributed by atoms with Gasteiger partial charge in [0.15, 0.2) is 5.82 Å². The maximum atomic E-state index is 4.75. The van der Waals surface area contributed by atoms with Gasteiger partial charge in [-0.2, -0.15) is 5.10 Å². The number of likely N-dealkylation sites (tertiary alicyclic amines) is 1. The average molecular weight is 363 g/mol. The molecule has 0 bridgehead atoms. The van der Waals surface area contributed by atoms with Crippen LogP contribution in [0.3, 0.4) is 0 Å². The van der Waals surface area contributed by atoms with E-state index in [1.54, 1.807) is 0 Å². The lowest BCUT2D eigenvalue weighted by atomic mass is 9.96. The Hall–Kier alpha value is -2.54. The van der Waals surface area contributed by atoms with Crippen LogP contribution < -0.4 is 0 Å². The minimum atomic E-state index is 0.452. The van der Waals surface area contributed by atoms with Crippen LogP contribution in [0.2, 0.25) is 0 Å². The molecule has 1 saturated heterocycles. The van der Waals surface area contributed by atoms with Gasteiger partial charge in [-0.25, -0.2) is 4.98 Å². The Morgan fingerprint density at radius 1 is 1.00 bits per heavy atom. The summed E-state index contributed by atoms with van der Waals surface area (Å²) in [6, 6.07) is 10.1. The Labute approximate surface area is 158 Å². The second kappa shape index (κ2) is 6.88. The van der Waals surface area contributed by atoms with E-state index in [4.69, 9.17) is 4.98 Å². The Kier molecular flexibility index (Phi) is 4.24. The number of hydrogen-bond donors (Lipinski definition) is 1. The fourth-order valence-corrected chi connectivity index (χ4v) is 3.95. The van der Waals surface area contributed by atoms with Gasteiger partial charge in [-0.3, -0.25) is 10.00 Å². The van der Waals surface area contributed by atoms with Crippen LogP contribution in [-0.2, 0) is 13.6 Å². The third kappa shape index (κ3) is 3.39. The molecule has 7 heteroatoms. The number of rotatable bonds is 5. The Balaban J connectivity index is 1.20. The van der Waals surface area contributed by atoms with Crippen molar-refractivity contribution in [2.75, 3.05) is 13.1 Å². The molecule has 7 nitrogen and oxygen atoms in total. The van der Waals surface area contributed by atoms with Gasteiger partial charge in [0, 0.05) is 24.4 Å². The smallest absolute Gasteiger partial charge is 0.181 e. The van der Waals surface area contributed by atoms with Gasteiger partial charge in [-0.1, -0.05) is 30.3 Å². The van der Waals surface area contributed by atoms with Crippen molar-refractivity contribution in [2.45, 2.75) is 44.1 Å². The second-order valence-electron chi connectivity index (χ2n) is 7.77. The van der Waals surface area contributed by atoms with Gasteiger partial charge < -0.3 is 4.57 Å². The van der Waals surface area contributed by atoms with Crippen molar-refractivity contribution in [3.05, 3.63) is 47.8 Å². The van der Waals surface area contributed by atoms with Crippen LogP contribution in [-0.4, -0.2) is 47.9 Å². The fourth-order valence-electron chi connectivity index (χ4n) is 3.95. The van der Waals surface area contributed by atoms with Crippen LogP contribution in [0.15, 0.2) is 30.3 Å². The molecule has 0 amide bonds. The summed E-state index contributed by atoms with van der Waals surface area (Å²) in [5, 5.41) is 16.4. The third-order valence-corrected chi connectivity index (χ3v) is 5.82. The molecule has 3 heterocycles. The number of aromatic nitrogens is 6. The predicted octanol–water partition coefficient (Wildman–Crippen LogP) is 2.86. The molecule has 140 valence electrons. The summed E-state index contributed by atoms with van der Waals surface area (Å²) in [4.78, 5) is 7.22. The van der Waals surface area contributed by atoms with E-state index in [0.717, 1.165) is 61.3 Å². The monoisotopic (exact) mass is 363 g/mol. The number of nitrogens with one attached hydrogen (secondary N) is 1. The zero-order chi connectivity index (χ0) is 18.2. The number of hydrogen-bond acceptors (Lipinski definition) is 5. The first-order valence-corrected chi connectivity index (χ1v) is 9.86. The van der Waals surface area contributed by atoms with Crippen LogP contribution in [0, 0.1) is 0 Å². The van der Waals surface area contributed by atoms with Crippen molar-refractivity contribution < 1.29 is 0 Å². The van der Waals surface area contributed by atoms with Crippen LogP contribution in [0.25, 0.3) is 11.4 Å². The van der Waals surface area contributed by atoms with Gasteiger partial charge in [-0.05, 0) is 38.8 Å². The molecule has 3 aromatic rings. The first-order chi connectivity index (χ1) is 13.3. The fraction of sp³-hybridized carbons (Fsp3) is 0.500. The maximum absolute atomic E-state index is 4.75. The molecular formula is C20H25N7. The lowest BCUT2D eigenvalue weighted by Crippen LogP contribution is -2.33. The van der Waals surface area contributed by atoms with Crippen molar-refractivity contribution in [1.29, 1.82) is 0 Å². The van der Waals surface area contributed by atoms with E-state index in [0.29, 0.717) is 11.8 Å². The number of benzene rings is 1. The van der Waals surface area contributed by atoms with Crippen LogP contribution in [0.1, 0.15) is 55.0 Å². The number of piperidine rings is 1. The Morgan fingerprint density at radius 3 is 2.52 bits per heavy atom. The average Bonchev–Trinajstić information content (AvgIpc) is 3.31. The van der Waals surface area contributed by atoms with E-state index in [2.05, 4.69) is 36.9 Å². The molecule has 1 aliphatic carbocycles. The zero-order valence-electron chi connectivity index (χ0n) is 15.7. The zero-order valence-corrected chi connectivity index (χ0v) is 15.7. The van der Waals surface area contributed by atoms with Crippen molar-refractivity contribution in [3.63, 3.8) is 0 Å². The molecule has 0 atom stereocenters. The molecule has 27 heavy (non-hydrogen) atoms. The van der Waals surface area contributed by atoms with Crippen LogP contribution in [0.4, 0.5) is 0 Å². The lowest BCUT2D eigenvalue weighted by molar-refractivity contribution is 0.195. The van der Waals surface area contributed by atoms with Crippen molar-refractivity contribution in [3.8, 4) is 11.4 Å². The quantitative estimate of drug-likeness (QED) is 0.754. The Morgan fingerprint density at radius 2 is 1.78 bits per heavy atom. The molecular weight excluding hydrogens is 338 g/mol. The standard InChI is InChI=1S/C20H25N7/c1-26-17(22-25-20(26)16-7-8-16)13-27-11-9-15(10-12-27)19-21-18(23-24-19)14-5-3-2-4-6-14/h2-6,15-16H,7-13H2,1H3,(H,21,23,24). The summed E-state index contributed by atoms with van der Waals surface area (Å²) in [7, 11) is 2.11. The Bertz CT molecular complexity index is 902. The highest BCUT2D eigenvalue weighted by Gasteiger charge is 2.30. The van der Waals surface area contributed by atoms with Gasteiger partial charge in [0.25, 0.3) is 0 Å². The number of nitrogens with zero attached hydrogens (tertiary/aromatic N) is 6. The highest BCUT2D eigenvalue weighted by Crippen LogP contribution is 2.39. The number of aromatic amines is 1. The molecule has 0 spiro atoms. The molecule has 1 aromatic carbocycles. The van der Waals surface area contributed by atoms with E-state index in [9.17, 15) is 0 Å². The molecule has 2 aromatic heterocycles. The first kappa shape index (κ1) is 16.6. The molecule has 2 fully saturated rings. The molecule has 1 saturated carbocycles. The predicted molar refractivity (Wildman–Crippen MR) is 102 cm³/mol. The van der Waals surface area contributed by atoms with E-state index in [-0.39, 0.29) is 0 Å². The summed E-state index contributed by atoms with van der Waals surface area (Å²) >= 11 is 0. The second-order valence-corrected chi connectivity index (χ2v) is 7.77. The summed E-state index contributed by atoms with van der Waals surface area (Å²) in [5.41, 5.74) is 1.06. The van der Waals surface area contributed by atoms with Gasteiger partial charge in [0.2, 0.25) is 0 Å². The van der Waals surface area contributed by atoms with Gasteiger partial charge in [0.05, 0.1) is 6.54 Å². The minimum Gasteiger partial charge on any atom is -0.317 e. The largest absolute Gasteiger partial charge is 0.317 e. The summed E-state index contributed by atoms with van der Waals surface area (Å²) in [6.07, 6.45) is 4.71.